The van der Waals surface area contributed by atoms with Crippen LogP contribution in [-0.4, -0.2) is 37.7 Å². The number of benzene rings is 1. The zero-order valence-corrected chi connectivity index (χ0v) is 15.0. The zero-order chi connectivity index (χ0) is 18.2. The molecule has 1 heterocycles. The van der Waals surface area contributed by atoms with Crippen LogP contribution in [-0.2, 0) is 11.3 Å². The molecule has 9 heteroatoms. The first-order valence-corrected chi connectivity index (χ1v) is 8.39. The molecule has 0 spiro atoms. The third-order valence-corrected chi connectivity index (χ3v) is 3.95. The van der Waals surface area contributed by atoms with Crippen LogP contribution >= 0.6 is 11.3 Å². The van der Waals surface area contributed by atoms with E-state index in [1.807, 2.05) is 18.2 Å². The molecule has 0 saturated carbocycles. The largest absolute Gasteiger partial charge is 0.496 e. The fourth-order valence-electron chi connectivity index (χ4n) is 2.06. The highest BCUT2D eigenvalue weighted by Gasteiger charge is 2.13. The third-order valence-electron chi connectivity index (χ3n) is 3.19. The van der Waals surface area contributed by atoms with E-state index in [9.17, 15) is 4.79 Å². The molecule has 0 amide bonds. The van der Waals surface area contributed by atoms with E-state index in [0.29, 0.717) is 23.2 Å². The number of guanidine groups is 1. The Bertz CT molecular complexity index is 725. The van der Waals surface area contributed by atoms with Gasteiger partial charge in [-0.05, 0) is 19.1 Å². The van der Waals surface area contributed by atoms with E-state index < -0.39 is 5.97 Å². The van der Waals surface area contributed by atoms with E-state index in [4.69, 9.17) is 19.6 Å². The van der Waals surface area contributed by atoms with Gasteiger partial charge < -0.3 is 24.8 Å². The van der Waals surface area contributed by atoms with Gasteiger partial charge in [0, 0.05) is 5.38 Å². The van der Waals surface area contributed by atoms with Gasteiger partial charge in [0.2, 0.25) is 0 Å². The molecule has 0 aliphatic heterocycles. The summed E-state index contributed by atoms with van der Waals surface area (Å²) < 4.78 is 15.5. The minimum Gasteiger partial charge on any atom is -0.496 e. The third kappa shape index (κ3) is 4.83. The van der Waals surface area contributed by atoms with Crippen LogP contribution in [0.15, 0.2) is 23.6 Å². The van der Waals surface area contributed by atoms with Crippen LogP contribution in [0.1, 0.15) is 23.0 Å². The minimum atomic E-state index is -0.481. The van der Waals surface area contributed by atoms with E-state index >= 15 is 0 Å². The summed E-state index contributed by atoms with van der Waals surface area (Å²) in [6.45, 7) is 2.35. The second-order valence-electron chi connectivity index (χ2n) is 4.75. The van der Waals surface area contributed by atoms with Crippen molar-refractivity contribution in [2.24, 2.45) is 0 Å². The number of esters is 1. The molecule has 0 aliphatic carbocycles. The topological polar surface area (TPSA) is 106 Å². The minimum absolute atomic E-state index is 0.0396. The SMILES string of the molecule is CCOC(=O)c1csc(NC(=N)NCc2c(OC)cccc2OC)n1. The lowest BCUT2D eigenvalue weighted by Crippen LogP contribution is -2.29. The molecule has 25 heavy (non-hydrogen) atoms. The Hall–Kier alpha value is -2.81. The molecular formula is C16H20N4O4S. The van der Waals surface area contributed by atoms with E-state index in [1.165, 1.54) is 11.3 Å². The number of ether oxygens (including phenoxy) is 3. The van der Waals surface area contributed by atoms with Gasteiger partial charge in [-0.15, -0.1) is 11.3 Å². The molecule has 0 atom stereocenters. The summed E-state index contributed by atoms with van der Waals surface area (Å²) in [5.41, 5.74) is 1.01. The van der Waals surface area contributed by atoms with Crippen LogP contribution in [0.5, 0.6) is 11.5 Å². The van der Waals surface area contributed by atoms with Gasteiger partial charge in [-0.25, -0.2) is 9.78 Å². The standard InChI is InChI=1S/C16H20N4O4S/c1-4-24-14(21)11-9-25-16(19-11)20-15(17)18-8-10-12(22-2)6-5-7-13(10)23-3/h5-7,9H,4,8H2,1-3H3,(H3,17,18,19,20). The van der Waals surface area contributed by atoms with Crippen LogP contribution in [0.25, 0.3) is 0 Å². The molecule has 0 bridgehead atoms. The summed E-state index contributed by atoms with van der Waals surface area (Å²) in [7, 11) is 3.16. The summed E-state index contributed by atoms with van der Waals surface area (Å²) in [6.07, 6.45) is 0. The average Bonchev–Trinajstić information content (AvgIpc) is 3.08. The summed E-state index contributed by atoms with van der Waals surface area (Å²) in [5, 5.41) is 15.7. The van der Waals surface area contributed by atoms with Gasteiger partial charge in [0.15, 0.2) is 16.8 Å². The Labute approximate surface area is 149 Å². The van der Waals surface area contributed by atoms with Crippen molar-refractivity contribution in [1.29, 1.82) is 5.41 Å². The van der Waals surface area contributed by atoms with Gasteiger partial charge in [-0.3, -0.25) is 5.41 Å². The second kappa shape index (κ2) is 8.88. The van der Waals surface area contributed by atoms with Crippen molar-refractivity contribution in [2.45, 2.75) is 13.5 Å². The highest BCUT2D eigenvalue weighted by atomic mass is 32.1. The molecule has 0 fully saturated rings. The normalized spacial score (nSPS) is 10.0. The van der Waals surface area contributed by atoms with Crippen molar-refractivity contribution in [3.8, 4) is 11.5 Å². The lowest BCUT2D eigenvalue weighted by atomic mass is 10.1. The molecule has 0 radical (unpaired) electrons. The van der Waals surface area contributed by atoms with Crippen LogP contribution in [0, 0.1) is 5.41 Å². The lowest BCUT2D eigenvalue weighted by Gasteiger charge is -2.14. The zero-order valence-electron chi connectivity index (χ0n) is 14.2. The van der Waals surface area contributed by atoms with E-state index in [0.717, 1.165) is 5.56 Å². The van der Waals surface area contributed by atoms with Gasteiger partial charge in [-0.1, -0.05) is 6.07 Å². The van der Waals surface area contributed by atoms with Crippen LogP contribution in [0.2, 0.25) is 0 Å². The molecule has 2 aromatic rings. The number of nitrogens with one attached hydrogen (secondary N) is 3. The Morgan fingerprint density at radius 1 is 1.28 bits per heavy atom. The number of hydrogen-bond acceptors (Lipinski definition) is 7. The number of rotatable bonds is 7. The Morgan fingerprint density at radius 2 is 1.96 bits per heavy atom. The number of methoxy groups -OCH3 is 2. The van der Waals surface area contributed by atoms with Crippen molar-refractivity contribution in [3.63, 3.8) is 0 Å². The number of carbonyl (C=O) groups is 1. The maximum atomic E-state index is 11.6. The number of thiazole rings is 1. The molecule has 1 aromatic carbocycles. The van der Waals surface area contributed by atoms with Gasteiger partial charge in [0.05, 0.1) is 32.9 Å². The Morgan fingerprint density at radius 3 is 2.56 bits per heavy atom. The van der Waals surface area contributed by atoms with Crippen molar-refractivity contribution in [1.82, 2.24) is 10.3 Å². The summed E-state index contributed by atoms with van der Waals surface area (Å²) in [6, 6.07) is 5.48. The second-order valence-corrected chi connectivity index (χ2v) is 5.61. The quantitative estimate of drug-likeness (QED) is 0.394. The molecule has 2 rings (SSSR count). The van der Waals surface area contributed by atoms with Crippen LogP contribution in [0.4, 0.5) is 5.13 Å². The summed E-state index contributed by atoms with van der Waals surface area (Å²) in [4.78, 5) is 15.7. The lowest BCUT2D eigenvalue weighted by molar-refractivity contribution is 0.0520. The highest BCUT2D eigenvalue weighted by Crippen LogP contribution is 2.27. The van der Waals surface area contributed by atoms with E-state index in [-0.39, 0.29) is 18.3 Å². The van der Waals surface area contributed by atoms with Gasteiger partial charge in [0.25, 0.3) is 0 Å². The molecule has 0 saturated heterocycles. The summed E-state index contributed by atoms with van der Waals surface area (Å²) >= 11 is 1.22. The van der Waals surface area contributed by atoms with Gasteiger partial charge in [0.1, 0.15) is 11.5 Å². The molecule has 8 nitrogen and oxygen atoms in total. The first kappa shape index (κ1) is 18.5. The summed E-state index contributed by atoms with van der Waals surface area (Å²) in [5.74, 6) is 0.889. The van der Waals surface area contributed by atoms with E-state index in [1.54, 1.807) is 26.5 Å². The van der Waals surface area contributed by atoms with Crippen molar-refractivity contribution >= 4 is 28.4 Å². The molecular weight excluding hydrogens is 344 g/mol. The number of anilines is 1. The fraction of sp³-hybridized carbons (Fsp3) is 0.312. The van der Waals surface area contributed by atoms with Crippen LogP contribution < -0.4 is 20.1 Å². The molecule has 134 valence electrons. The van der Waals surface area contributed by atoms with Gasteiger partial charge in [-0.2, -0.15) is 0 Å². The highest BCUT2D eigenvalue weighted by molar-refractivity contribution is 7.14. The first-order chi connectivity index (χ1) is 12.1. The Kier molecular flexibility index (Phi) is 6.58. The smallest absolute Gasteiger partial charge is 0.357 e. The van der Waals surface area contributed by atoms with Gasteiger partial charge >= 0.3 is 5.97 Å². The van der Waals surface area contributed by atoms with E-state index in [2.05, 4.69) is 15.6 Å². The molecule has 0 unspecified atom stereocenters. The fourth-order valence-corrected chi connectivity index (χ4v) is 2.74. The molecule has 0 aliphatic rings. The van der Waals surface area contributed by atoms with Crippen LogP contribution in [0.3, 0.4) is 0 Å². The van der Waals surface area contributed by atoms with Crippen molar-refractivity contribution in [2.75, 3.05) is 26.1 Å². The molecule has 1 aromatic heterocycles. The molecule has 3 N–H and O–H groups in total. The number of aromatic nitrogens is 1. The number of carbonyl (C=O) groups excluding carboxylic acids is 1. The number of hydrogen-bond donors (Lipinski definition) is 3. The van der Waals surface area contributed by atoms with Crippen molar-refractivity contribution in [3.05, 3.63) is 34.8 Å². The first-order valence-electron chi connectivity index (χ1n) is 7.51. The monoisotopic (exact) mass is 364 g/mol. The average molecular weight is 364 g/mol. The van der Waals surface area contributed by atoms with Crippen molar-refractivity contribution < 1.29 is 19.0 Å². The predicted molar refractivity (Wildman–Crippen MR) is 95.8 cm³/mol. The predicted octanol–water partition coefficient (Wildman–Crippen LogP) is 2.47. The number of nitrogens with zero attached hydrogens (tertiary/aromatic N) is 1. The maximum absolute atomic E-state index is 11.6. The maximum Gasteiger partial charge on any atom is 0.357 e. The Balaban J connectivity index is 1.97.